The molecule has 0 radical (unpaired) electrons. The molecule has 4 aromatic rings. The van der Waals surface area contributed by atoms with Crippen LogP contribution in [0.1, 0.15) is 5.56 Å². The third-order valence-corrected chi connectivity index (χ3v) is 5.07. The number of fused-ring (bicyclic) bond motifs is 1. The first-order chi connectivity index (χ1) is 14.9. The zero-order chi connectivity index (χ0) is 22.1. The van der Waals surface area contributed by atoms with Crippen LogP contribution in [-0.2, 0) is 0 Å². The minimum atomic E-state index is -0.579. The normalized spacial score (nSPS) is 11.3. The number of nitro benzene ring substituents is 1. The summed E-state index contributed by atoms with van der Waals surface area (Å²) in [6, 6.07) is 12.3. The molecule has 0 saturated heterocycles. The van der Waals surface area contributed by atoms with Gasteiger partial charge in [-0.1, -0.05) is 0 Å². The first-order valence-electron chi connectivity index (χ1n) is 8.84. The molecule has 0 unspecified atom stereocenters. The molecular formula is C21H14BrN3O6. The van der Waals surface area contributed by atoms with E-state index in [1.807, 2.05) is 0 Å². The van der Waals surface area contributed by atoms with Crippen molar-refractivity contribution in [2.45, 2.75) is 0 Å². The van der Waals surface area contributed by atoms with Gasteiger partial charge in [0.1, 0.15) is 11.3 Å². The van der Waals surface area contributed by atoms with Gasteiger partial charge in [-0.15, -0.1) is 0 Å². The van der Waals surface area contributed by atoms with Gasteiger partial charge in [-0.05, 0) is 52.3 Å². The van der Waals surface area contributed by atoms with Crippen LogP contribution in [-0.4, -0.2) is 33.4 Å². The third-order valence-electron chi connectivity index (χ3n) is 4.44. The molecular weight excluding hydrogens is 470 g/mol. The molecule has 1 heterocycles. The summed E-state index contributed by atoms with van der Waals surface area (Å²) in [6.45, 7) is 0. The SMILES string of the molecule is COc1cc([N+](=O)[O-])cc(C=Nc2ccc3oc(-c4ccc(O)c(Br)c4)nc3c2)c1O. The smallest absolute Gasteiger partial charge is 0.274 e. The van der Waals surface area contributed by atoms with Gasteiger partial charge in [0.2, 0.25) is 5.89 Å². The number of hydrogen-bond donors (Lipinski definition) is 2. The lowest BCUT2D eigenvalue weighted by molar-refractivity contribution is -0.385. The Balaban J connectivity index is 1.68. The van der Waals surface area contributed by atoms with Crippen LogP contribution in [0.15, 0.2) is 62.4 Å². The zero-order valence-electron chi connectivity index (χ0n) is 15.9. The number of nitro groups is 1. The van der Waals surface area contributed by atoms with Crippen molar-refractivity contribution in [1.82, 2.24) is 4.98 Å². The fourth-order valence-corrected chi connectivity index (χ4v) is 3.26. The Labute approximate surface area is 183 Å². The zero-order valence-corrected chi connectivity index (χ0v) is 17.5. The van der Waals surface area contributed by atoms with E-state index in [0.717, 1.165) is 6.07 Å². The van der Waals surface area contributed by atoms with Crippen molar-refractivity contribution < 1.29 is 24.3 Å². The Morgan fingerprint density at radius 1 is 1.19 bits per heavy atom. The van der Waals surface area contributed by atoms with E-state index in [4.69, 9.17) is 9.15 Å². The minimum Gasteiger partial charge on any atom is -0.507 e. The van der Waals surface area contributed by atoms with Gasteiger partial charge in [0.05, 0.1) is 28.3 Å². The molecule has 156 valence electrons. The molecule has 9 nitrogen and oxygen atoms in total. The average molecular weight is 484 g/mol. The monoisotopic (exact) mass is 483 g/mol. The Bertz CT molecular complexity index is 1350. The molecule has 0 spiro atoms. The van der Waals surface area contributed by atoms with E-state index in [1.54, 1.807) is 30.3 Å². The lowest BCUT2D eigenvalue weighted by Gasteiger charge is -2.05. The molecule has 0 amide bonds. The number of phenolic OH excluding ortho intramolecular Hbond substituents is 2. The van der Waals surface area contributed by atoms with Crippen LogP contribution in [0.25, 0.3) is 22.6 Å². The van der Waals surface area contributed by atoms with Crippen molar-refractivity contribution in [3.63, 3.8) is 0 Å². The molecule has 10 heteroatoms. The van der Waals surface area contributed by atoms with Crippen LogP contribution >= 0.6 is 15.9 Å². The highest BCUT2D eigenvalue weighted by atomic mass is 79.9. The second-order valence-electron chi connectivity index (χ2n) is 6.44. The summed E-state index contributed by atoms with van der Waals surface area (Å²) in [4.78, 5) is 19.3. The summed E-state index contributed by atoms with van der Waals surface area (Å²) in [5.74, 6) is 0.210. The number of aromatic hydroxyl groups is 2. The first-order valence-corrected chi connectivity index (χ1v) is 9.64. The number of aromatic nitrogens is 1. The Kier molecular flexibility index (Phi) is 5.30. The number of ether oxygens (including phenoxy) is 1. The summed E-state index contributed by atoms with van der Waals surface area (Å²) in [5, 5.41) is 31.0. The van der Waals surface area contributed by atoms with Gasteiger partial charge in [0, 0.05) is 23.4 Å². The number of phenols is 2. The summed E-state index contributed by atoms with van der Waals surface area (Å²) in [6.07, 6.45) is 1.31. The summed E-state index contributed by atoms with van der Waals surface area (Å²) in [7, 11) is 1.31. The molecule has 2 N–H and O–H groups in total. The predicted octanol–water partition coefficient (Wildman–Crippen LogP) is 5.34. The van der Waals surface area contributed by atoms with Gasteiger partial charge >= 0.3 is 0 Å². The van der Waals surface area contributed by atoms with E-state index < -0.39 is 4.92 Å². The Morgan fingerprint density at radius 2 is 2.00 bits per heavy atom. The maximum absolute atomic E-state index is 11.1. The number of halogens is 1. The van der Waals surface area contributed by atoms with Crippen LogP contribution in [0.5, 0.6) is 17.2 Å². The minimum absolute atomic E-state index is 0.0210. The van der Waals surface area contributed by atoms with E-state index in [9.17, 15) is 20.3 Å². The molecule has 3 aromatic carbocycles. The van der Waals surface area contributed by atoms with Crippen LogP contribution in [0, 0.1) is 10.1 Å². The molecule has 0 atom stereocenters. The van der Waals surface area contributed by atoms with Crippen molar-refractivity contribution >= 4 is 44.6 Å². The van der Waals surface area contributed by atoms with Gasteiger partial charge in [0.25, 0.3) is 5.69 Å². The average Bonchev–Trinajstić information content (AvgIpc) is 3.18. The molecule has 0 aliphatic heterocycles. The molecule has 31 heavy (non-hydrogen) atoms. The number of rotatable bonds is 5. The molecule has 0 saturated carbocycles. The van der Waals surface area contributed by atoms with Gasteiger partial charge in [-0.2, -0.15) is 0 Å². The highest BCUT2D eigenvalue weighted by molar-refractivity contribution is 9.10. The number of benzene rings is 3. The Morgan fingerprint density at radius 3 is 2.71 bits per heavy atom. The predicted molar refractivity (Wildman–Crippen MR) is 117 cm³/mol. The van der Waals surface area contributed by atoms with Crippen LogP contribution in [0.3, 0.4) is 0 Å². The van der Waals surface area contributed by atoms with Gasteiger partial charge in [-0.3, -0.25) is 15.1 Å². The van der Waals surface area contributed by atoms with Crippen molar-refractivity contribution in [3.05, 3.63) is 68.7 Å². The standard InChI is InChI=1S/C21H14BrN3O6/c1-30-19-9-14(25(28)29)6-12(20(19)27)10-23-13-3-5-18-16(8-13)24-21(31-18)11-2-4-17(26)15(22)7-11/h2-10,26-27H,1H3. The van der Waals surface area contributed by atoms with E-state index in [1.165, 1.54) is 25.5 Å². The summed E-state index contributed by atoms with van der Waals surface area (Å²) >= 11 is 3.26. The number of hydrogen-bond acceptors (Lipinski definition) is 8. The molecule has 0 fully saturated rings. The van der Waals surface area contributed by atoms with Gasteiger partial charge in [0.15, 0.2) is 17.1 Å². The number of aliphatic imine (C=N–C) groups is 1. The summed E-state index contributed by atoms with van der Waals surface area (Å²) < 4.78 is 11.3. The first kappa shape index (κ1) is 20.4. The van der Waals surface area contributed by atoms with Crippen molar-refractivity contribution in [2.24, 2.45) is 4.99 Å². The number of non-ortho nitro benzene ring substituents is 1. The quantitative estimate of drug-likeness (QED) is 0.222. The lowest BCUT2D eigenvalue weighted by atomic mass is 10.1. The van der Waals surface area contributed by atoms with Crippen LogP contribution in [0.4, 0.5) is 11.4 Å². The van der Waals surface area contributed by atoms with Gasteiger partial charge < -0.3 is 19.4 Å². The van der Waals surface area contributed by atoms with Crippen LogP contribution < -0.4 is 4.74 Å². The Hall–Kier alpha value is -3.92. The topological polar surface area (TPSA) is 131 Å². The van der Waals surface area contributed by atoms with Crippen LogP contribution in [0.2, 0.25) is 0 Å². The number of oxazole rings is 1. The van der Waals surface area contributed by atoms with E-state index in [0.29, 0.717) is 32.7 Å². The second kappa shape index (κ2) is 8.07. The number of nitrogens with zero attached hydrogens (tertiary/aromatic N) is 3. The molecule has 1 aromatic heterocycles. The van der Waals surface area contributed by atoms with E-state index in [2.05, 4.69) is 25.9 Å². The number of methoxy groups -OCH3 is 1. The lowest BCUT2D eigenvalue weighted by Crippen LogP contribution is -1.94. The maximum Gasteiger partial charge on any atom is 0.274 e. The van der Waals surface area contributed by atoms with E-state index in [-0.39, 0.29) is 28.5 Å². The molecule has 0 aliphatic rings. The van der Waals surface area contributed by atoms with Crippen molar-refractivity contribution in [2.75, 3.05) is 7.11 Å². The van der Waals surface area contributed by atoms with Crippen molar-refractivity contribution in [1.29, 1.82) is 0 Å². The fraction of sp³-hybridized carbons (Fsp3) is 0.0476. The fourth-order valence-electron chi connectivity index (χ4n) is 2.88. The summed E-state index contributed by atoms with van der Waals surface area (Å²) in [5.41, 5.74) is 2.19. The maximum atomic E-state index is 11.1. The van der Waals surface area contributed by atoms with E-state index >= 15 is 0 Å². The third kappa shape index (κ3) is 4.05. The largest absolute Gasteiger partial charge is 0.507 e. The second-order valence-corrected chi connectivity index (χ2v) is 7.29. The molecule has 0 bridgehead atoms. The highest BCUT2D eigenvalue weighted by Gasteiger charge is 2.16. The molecule has 4 rings (SSSR count). The van der Waals surface area contributed by atoms with Crippen molar-refractivity contribution in [3.8, 4) is 28.7 Å². The molecule has 0 aliphatic carbocycles. The van der Waals surface area contributed by atoms with Gasteiger partial charge in [-0.25, -0.2) is 4.98 Å². The highest BCUT2D eigenvalue weighted by Crippen LogP contribution is 2.35.